The molecule has 116 valence electrons. The lowest BCUT2D eigenvalue weighted by molar-refractivity contribution is -0.128. The van der Waals surface area contributed by atoms with Crippen LogP contribution in [0.4, 0.5) is 4.39 Å². The third-order valence-corrected chi connectivity index (χ3v) is 4.28. The van der Waals surface area contributed by atoms with Gasteiger partial charge in [0, 0.05) is 23.7 Å². The Balaban J connectivity index is 1.97. The molecule has 3 N–H and O–H groups in total. The molecule has 2 rings (SSSR count). The molecule has 1 amide bonds. The summed E-state index contributed by atoms with van der Waals surface area (Å²) in [5.41, 5.74) is 6.18. The topological polar surface area (TPSA) is 64.3 Å². The van der Waals surface area contributed by atoms with Gasteiger partial charge in [-0.1, -0.05) is 18.9 Å². The summed E-state index contributed by atoms with van der Waals surface area (Å²) >= 11 is 0. The van der Waals surface area contributed by atoms with Gasteiger partial charge in [-0.3, -0.25) is 4.79 Å². The van der Waals surface area contributed by atoms with Crippen molar-refractivity contribution in [1.82, 2.24) is 5.32 Å². The van der Waals surface area contributed by atoms with Gasteiger partial charge in [0.05, 0.1) is 13.0 Å². The molecule has 1 fully saturated rings. The summed E-state index contributed by atoms with van der Waals surface area (Å²) in [5, 5.41) is 2.80. The molecule has 1 aromatic rings. The molecule has 5 heteroatoms. The Morgan fingerprint density at radius 3 is 2.90 bits per heavy atom. The van der Waals surface area contributed by atoms with E-state index >= 15 is 0 Å². The van der Waals surface area contributed by atoms with E-state index < -0.39 is 5.54 Å². The Bertz CT molecular complexity index is 517. The number of ether oxygens (including phenoxy) is 1. The first-order valence-corrected chi connectivity index (χ1v) is 7.33. The number of halogens is 1. The lowest BCUT2D eigenvalue weighted by Crippen LogP contribution is -2.52. The summed E-state index contributed by atoms with van der Waals surface area (Å²) in [5.74, 6) is -0.208. The maximum atomic E-state index is 13.8. The van der Waals surface area contributed by atoms with Gasteiger partial charge in [-0.15, -0.1) is 0 Å². The van der Waals surface area contributed by atoms with Gasteiger partial charge in [-0.25, -0.2) is 4.39 Å². The molecule has 0 aromatic heterocycles. The third-order valence-electron chi connectivity index (χ3n) is 4.28. The molecule has 0 bridgehead atoms. The second-order valence-electron chi connectivity index (χ2n) is 5.98. The van der Waals surface area contributed by atoms with E-state index in [9.17, 15) is 9.18 Å². The van der Waals surface area contributed by atoms with Gasteiger partial charge >= 0.3 is 0 Å². The van der Waals surface area contributed by atoms with E-state index in [1.807, 2.05) is 6.92 Å². The van der Waals surface area contributed by atoms with Crippen molar-refractivity contribution in [3.8, 4) is 5.75 Å². The average Bonchev–Trinajstić information content (AvgIpc) is 2.45. The van der Waals surface area contributed by atoms with Crippen LogP contribution in [-0.4, -0.2) is 18.6 Å². The molecule has 1 saturated carbocycles. The van der Waals surface area contributed by atoms with Crippen LogP contribution < -0.4 is 15.8 Å². The smallest absolute Gasteiger partial charge is 0.225 e. The van der Waals surface area contributed by atoms with Crippen LogP contribution in [0.25, 0.3) is 0 Å². The molecular formula is C16H23FN2O2. The zero-order valence-corrected chi connectivity index (χ0v) is 12.6. The molecule has 1 aliphatic carbocycles. The minimum atomic E-state index is -0.471. The van der Waals surface area contributed by atoms with Crippen LogP contribution in [0.3, 0.4) is 0 Å². The Morgan fingerprint density at radius 2 is 2.29 bits per heavy atom. The highest BCUT2D eigenvalue weighted by molar-refractivity contribution is 5.80. The number of nitrogens with two attached hydrogens (primary N) is 1. The third kappa shape index (κ3) is 3.73. The second-order valence-corrected chi connectivity index (χ2v) is 5.98. The molecule has 1 aliphatic rings. The van der Waals surface area contributed by atoms with Crippen molar-refractivity contribution < 1.29 is 13.9 Å². The van der Waals surface area contributed by atoms with Crippen molar-refractivity contribution in [2.24, 2.45) is 11.7 Å². The molecular weight excluding hydrogens is 271 g/mol. The normalized spacial score (nSPS) is 25.4. The monoisotopic (exact) mass is 294 g/mol. The van der Waals surface area contributed by atoms with Crippen LogP contribution in [0.15, 0.2) is 18.2 Å². The predicted octanol–water partition coefficient (Wildman–Crippen LogP) is 2.36. The highest BCUT2D eigenvalue weighted by Gasteiger charge is 2.37. The van der Waals surface area contributed by atoms with Crippen LogP contribution in [-0.2, 0) is 11.3 Å². The number of amides is 1. The van der Waals surface area contributed by atoms with Crippen LogP contribution >= 0.6 is 0 Å². The van der Waals surface area contributed by atoms with E-state index in [0.29, 0.717) is 11.3 Å². The number of carbonyl (C=O) groups excluding carboxylic acids is 1. The predicted molar refractivity (Wildman–Crippen MR) is 79.3 cm³/mol. The van der Waals surface area contributed by atoms with Crippen LogP contribution in [0.1, 0.15) is 38.2 Å². The van der Waals surface area contributed by atoms with Crippen molar-refractivity contribution in [2.75, 3.05) is 7.11 Å². The van der Waals surface area contributed by atoms with Crippen molar-refractivity contribution in [2.45, 2.75) is 44.7 Å². The maximum Gasteiger partial charge on any atom is 0.225 e. The van der Waals surface area contributed by atoms with Gasteiger partial charge in [-0.2, -0.15) is 0 Å². The number of benzene rings is 1. The quantitative estimate of drug-likeness (QED) is 0.896. The second kappa shape index (κ2) is 6.43. The molecule has 0 radical (unpaired) electrons. The summed E-state index contributed by atoms with van der Waals surface area (Å²) in [7, 11) is 1.49. The molecule has 0 saturated heterocycles. The molecule has 4 nitrogen and oxygen atoms in total. The largest absolute Gasteiger partial charge is 0.497 e. The SMILES string of the molecule is COc1ccc(CNC(=O)C2CCCCC2(C)N)c(F)c1. The number of methoxy groups -OCH3 is 1. The lowest BCUT2D eigenvalue weighted by atomic mass is 9.74. The molecule has 2 atom stereocenters. The van der Waals surface area contributed by atoms with Gasteiger partial charge in [0.25, 0.3) is 0 Å². The zero-order chi connectivity index (χ0) is 15.5. The first-order chi connectivity index (χ1) is 9.94. The summed E-state index contributed by atoms with van der Waals surface area (Å²) in [6.45, 7) is 2.09. The molecule has 1 aromatic carbocycles. The number of carbonyl (C=O) groups is 1. The van der Waals surface area contributed by atoms with Gasteiger partial charge in [0.15, 0.2) is 0 Å². The van der Waals surface area contributed by atoms with E-state index in [1.54, 1.807) is 12.1 Å². The Morgan fingerprint density at radius 1 is 1.52 bits per heavy atom. The van der Waals surface area contributed by atoms with Gasteiger partial charge < -0.3 is 15.8 Å². The Labute approximate surface area is 124 Å². The zero-order valence-electron chi connectivity index (χ0n) is 12.6. The minimum Gasteiger partial charge on any atom is -0.497 e. The van der Waals surface area contributed by atoms with Crippen molar-refractivity contribution in [3.05, 3.63) is 29.6 Å². The van der Waals surface area contributed by atoms with E-state index in [-0.39, 0.29) is 24.2 Å². The maximum absolute atomic E-state index is 13.8. The number of rotatable bonds is 4. The number of nitrogens with one attached hydrogen (secondary N) is 1. The summed E-state index contributed by atoms with van der Waals surface area (Å²) in [4.78, 5) is 12.3. The van der Waals surface area contributed by atoms with Crippen LogP contribution in [0.5, 0.6) is 5.75 Å². The highest BCUT2D eigenvalue weighted by Crippen LogP contribution is 2.31. The van der Waals surface area contributed by atoms with E-state index in [4.69, 9.17) is 10.5 Å². The minimum absolute atomic E-state index is 0.0880. The van der Waals surface area contributed by atoms with E-state index in [2.05, 4.69) is 5.32 Å². The summed E-state index contributed by atoms with van der Waals surface area (Å²) in [6, 6.07) is 4.62. The first-order valence-electron chi connectivity index (χ1n) is 7.33. The molecule has 0 spiro atoms. The van der Waals surface area contributed by atoms with Gasteiger partial charge in [0.2, 0.25) is 5.91 Å². The van der Waals surface area contributed by atoms with E-state index in [1.165, 1.54) is 13.2 Å². The van der Waals surface area contributed by atoms with Crippen molar-refractivity contribution >= 4 is 5.91 Å². The van der Waals surface area contributed by atoms with Crippen molar-refractivity contribution in [1.29, 1.82) is 0 Å². The van der Waals surface area contributed by atoms with Crippen LogP contribution in [0, 0.1) is 11.7 Å². The average molecular weight is 294 g/mol. The molecule has 21 heavy (non-hydrogen) atoms. The number of hydrogen-bond acceptors (Lipinski definition) is 3. The molecule has 0 aliphatic heterocycles. The van der Waals surface area contributed by atoms with Gasteiger partial charge in [0.1, 0.15) is 11.6 Å². The molecule has 2 unspecified atom stereocenters. The lowest BCUT2D eigenvalue weighted by Gasteiger charge is -2.37. The molecule has 0 heterocycles. The first kappa shape index (κ1) is 15.8. The van der Waals surface area contributed by atoms with Gasteiger partial charge in [-0.05, 0) is 25.8 Å². The summed E-state index contributed by atoms with van der Waals surface area (Å²) < 4.78 is 18.8. The number of hydrogen-bond donors (Lipinski definition) is 2. The van der Waals surface area contributed by atoms with E-state index in [0.717, 1.165) is 25.7 Å². The fourth-order valence-corrected chi connectivity index (χ4v) is 2.89. The van der Waals surface area contributed by atoms with Crippen molar-refractivity contribution in [3.63, 3.8) is 0 Å². The fourth-order valence-electron chi connectivity index (χ4n) is 2.89. The summed E-state index contributed by atoms with van der Waals surface area (Å²) in [6.07, 6.45) is 3.72. The Hall–Kier alpha value is -1.62. The highest BCUT2D eigenvalue weighted by atomic mass is 19.1. The van der Waals surface area contributed by atoms with Crippen LogP contribution in [0.2, 0.25) is 0 Å². The Kier molecular flexibility index (Phi) is 4.83. The fraction of sp³-hybridized carbons (Fsp3) is 0.562. The standard InChI is InChI=1S/C16H23FN2O2/c1-16(18)8-4-3-5-13(16)15(20)19-10-11-6-7-12(21-2)9-14(11)17/h6-7,9,13H,3-5,8,10,18H2,1-2H3,(H,19,20).